The maximum atomic E-state index is 12.7. The zero-order valence-electron chi connectivity index (χ0n) is 16.3. The standard InChI is InChI=1S/C17H25N7O2S2/c1-10(9-27-17-21-20-11(2)28-17)8-24-12-13(22(3)16(26)19-14(12)25)18-15(24)23-6-4-5-7-23/h10,12-13H,4-9H2,1-3H3,(H,19,25,26). The minimum Gasteiger partial charge on any atom is -0.343 e. The van der Waals surface area contributed by atoms with Gasteiger partial charge < -0.3 is 14.7 Å². The summed E-state index contributed by atoms with van der Waals surface area (Å²) < 4.78 is 0.970. The van der Waals surface area contributed by atoms with Crippen LogP contribution < -0.4 is 5.32 Å². The summed E-state index contributed by atoms with van der Waals surface area (Å²) in [5.74, 6) is 1.79. The van der Waals surface area contributed by atoms with Crippen molar-refractivity contribution in [2.75, 3.05) is 32.4 Å². The maximum Gasteiger partial charge on any atom is 0.325 e. The van der Waals surface area contributed by atoms with Crippen molar-refractivity contribution in [1.82, 2.24) is 30.2 Å². The number of hydrogen-bond acceptors (Lipinski definition) is 9. The molecule has 3 unspecified atom stereocenters. The highest BCUT2D eigenvalue weighted by atomic mass is 32.2. The number of hydrogen-bond donors (Lipinski definition) is 1. The highest BCUT2D eigenvalue weighted by molar-refractivity contribution is 8.01. The summed E-state index contributed by atoms with van der Waals surface area (Å²) in [5.41, 5.74) is 0. The number of urea groups is 1. The molecule has 3 atom stereocenters. The number of imide groups is 1. The van der Waals surface area contributed by atoms with Crippen LogP contribution in [0.4, 0.5) is 4.79 Å². The number of aliphatic imine (C=N–C) groups is 1. The van der Waals surface area contributed by atoms with Crippen LogP contribution in [-0.4, -0.2) is 87.4 Å². The van der Waals surface area contributed by atoms with E-state index in [1.165, 1.54) is 4.90 Å². The molecule has 1 aromatic rings. The molecular weight excluding hydrogens is 398 g/mol. The van der Waals surface area contributed by atoms with Crippen LogP contribution in [0.1, 0.15) is 24.8 Å². The lowest BCUT2D eigenvalue weighted by atomic mass is 10.1. The molecule has 152 valence electrons. The third kappa shape index (κ3) is 3.69. The number of rotatable bonds is 5. The second kappa shape index (κ2) is 7.86. The van der Waals surface area contributed by atoms with Crippen molar-refractivity contribution in [2.24, 2.45) is 10.9 Å². The van der Waals surface area contributed by atoms with Gasteiger partial charge in [-0.05, 0) is 25.7 Å². The van der Waals surface area contributed by atoms with E-state index >= 15 is 0 Å². The van der Waals surface area contributed by atoms with E-state index in [0.29, 0.717) is 12.5 Å². The number of nitrogens with zero attached hydrogens (tertiary/aromatic N) is 6. The van der Waals surface area contributed by atoms with Crippen molar-refractivity contribution in [3.05, 3.63) is 5.01 Å². The van der Waals surface area contributed by atoms with Crippen molar-refractivity contribution in [3.8, 4) is 0 Å². The lowest BCUT2D eigenvalue weighted by molar-refractivity contribution is -0.127. The number of carbonyl (C=O) groups is 2. The quantitative estimate of drug-likeness (QED) is 0.712. The molecule has 0 radical (unpaired) electrons. The molecule has 0 saturated carbocycles. The molecule has 0 aliphatic carbocycles. The molecule has 2 saturated heterocycles. The lowest BCUT2D eigenvalue weighted by Gasteiger charge is -2.38. The van der Waals surface area contributed by atoms with E-state index in [1.807, 2.05) is 6.92 Å². The van der Waals surface area contributed by atoms with Crippen LogP contribution in [0.2, 0.25) is 0 Å². The van der Waals surface area contributed by atoms with Gasteiger partial charge in [-0.1, -0.05) is 30.0 Å². The largest absolute Gasteiger partial charge is 0.343 e. The third-order valence-electron chi connectivity index (χ3n) is 5.23. The van der Waals surface area contributed by atoms with Crippen molar-refractivity contribution in [3.63, 3.8) is 0 Å². The number of likely N-dealkylation sites (tertiary alicyclic amines) is 1. The molecule has 11 heteroatoms. The van der Waals surface area contributed by atoms with Gasteiger partial charge in [0.05, 0.1) is 0 Å². The van der Waals surface area contributed by atoms with Crippen molar-refractivity contribution in [1.29, 1.82) is 0 Å². The molecule has 1 aromatic heterocycles. The van der Waals surface area contributed by atoms with Gasteiger partial charge in [-0.25, -0.2) is 9.79 Å². The number of aryl methyl sites for hydroxylation is 1. The molecule has 2 fully saturated rings. The van der Waals surface area contributed by atoms with Crippen molar-refractivity contribution >= 4 is 41.0 Å². The number of aromatic nitrogens is 2. The normalized spacial score (nSPS) is 25.8. The van der Waals surface area contributed by atoms with E-state index in [0.717, 1.165) is 47.0 Å². The van der Waals surface area contributed by atoms with Crippen LogP contribution in [0, 0.1) is 12.8 Å². The highest BCUT2D eigenvalue weighted by Gasteiger charge is 2.50. The van der Waals surface area contributed by atoms with Crippen LogP contribution in [0.15, 0.2) is 9.33 Å². The van der Waals surface area contributed by atoms with E-state index < -0.39 is 12.2 Å². The van der Waals surface area contributed by atoms with Crippen LogP contribution >= 0.6 is 23.1 Å². The van der Waals surface area contributed by atoms with E-state index in [2.05, 4.69) is 32.2 Å². The Morgan fingerprint density at radius 2 is 2.04 bits per heavy atom. The van der Waals surface area contributed by atoms with Gasteiger partial charge in [0.15, 0.2) is 22.5 Å². The second-order valence-corrected chi connectivity index (χ2v) is 9.99. The molecule has 0 spiro atoms. The fraction of sp³-hybridized carbons (Fsp3) is 0.706. The van der Waals surface area contributed by atoms with Gasteiger partial charge in [-0.3, -0.25) is 10.1 Å². The summed E-state index contributed by atoms with van der Waals surface area (Å²) in [6.07, 6.45) is 1.80. The number of carbonyl (C=O) groups excluding carboxylic acids is 2. The van der Waals surface area contributed by atoms with Gasteiger partial charge >= 0.3 is 6.03 Å². The summed E-state index contributed by atoms with van der Waals surface area (Å²) in [6.45, 7) is 6.72. The Kier molecular flexibility index (Phi) is 5.46. The molecule has 9 nitrogen and oxygen atoms in total. The number of guanidine groups is 1. The van der Waals surface area contributed by atoms with Gasteiger partial charge in [0, 0.05) is 32.4 Å². The zero-order chi connectivity index (χ0) is 19.8. The Bertz CT molecular complexity index is 792. The molecule has 1 N–H and O–H groups in total. The average Bonchev–Trinajstić information content (AvgIpc) is 3.38. The topological polar surface area (TPSA) is 94.0 Å². The molecule has 4 rings (SSSR count). The first-order valence-corrected chi connectivity index (χ1v) is 11.3. The van der Waals surface area contributed by atoms with E-state index in [-0.39, 0.29) is 11.9 Å². The summed E-state index contributed by atoms with van der Waals surface area (Å²) in [5, 5.41) is 11.7. The van der Waals surface area contributed by atoms with Crippen LogP contribution in [0.25, 0.3) is 0 Å². The lowest BCUT2D eigenvalue weighted by Crippen LogP contribution is -2.64. The van der Waals surface area contributed by atoms with Gasteiger partial charge in [0.1, 0.15) is 5.01 Å². The van der Waals surface area contributed by atoms with E-state index in [9.17, 15) is 9.59 Å². The molecule has 0 aromatic carbocycles. The summed E-state index contributed by atoms with van der Waals surface area (Å²) >= 11 is 3.30. The Hall–Kier alpha value is -1.88. The van der Waals surface area contributed by atoms with Gasteiger partial charge in [0.2, 0.25) is 0 Å². The number of amides is 3. The van der Waals surface area contributed by atoms with Gasteiger partial charge in [-0.15, -0.1) is 10.2 Å². The molecule has 4 heterocycles. The number of fused-ring (bicyclic) bond motifs is 1. The Labute approximate surface area is 172 Å². The number of nitrogens with one attached hydrogen (secondary N) is 1. The third-order valence-corrected chi connectivity index (χ3v) is 7.54. The molecule has 3 aliphatic heterocycles. The first-order chi connectivity index (χ1) is 13.4. The van der Waals surface area contributed by atoms with Gasteiger partial charge in [0.25, 0.3) is 5.91 Å². The van der Waals surface area contributed by atoms with Crippen molar-refractivity contribution in [2.45, 2.75) is 43.2 Å². The van der Waals surface area contributed by atoms with E-state index in [4.69, 9.17) is 4.99 Å². The monoisotopic (exact) mass is 423 g/mol. The smallest absolute Gasteiger partial charge is 0.325 e. The molecule has 28 heavy (non-hydrogen) atoms. The SMILES string of the molecule is Cc1nnc(SCC(C)CN2C(N3CCCC3)=NC3C2C(=O)NC(=O)N3C)s1. The minimum absolute atomic E-state index is 0.259. The molecule has 3 aliphatic rings. The fourth-order valence-corrected chi connectivity index (χ4v) is 5.67. The molecular formula is C17H25N7O2S2. The highest BCUT2D eigenvalue weighted by Crippen LogP contribution is 2.29. The average molecular weight is 424 g/mol. The Morgan fingerprint density at radius 3 is 2.71 bits per heavy atom. The number of thioether (sulfide) groups is 1. The fourth-order valence-electron chi connectivity index (χ4n) is 3.83. The first-order valence-electron chi connectivity index (χ1n) is 9.54. The van der Waals surface area contributed by atoms with Crippen LogP contribution in [-0.2, 0) is 4.79 Å². The Morgan fingerprint density at radius 1 is 1.29 bits per heavy atom. The number of likely N-dealkylation sites (N-methyl/N-ethyl adjacent to an activating group) is 1. The Balaban J connectivity index is 1.49. The van der Waals surface area contributed by atoms with Gasteiger partial charge in [-0.2, -0.15) is 0 Å². The summed E-state index contributed by atoms with van der Waals surface area (Å²) in [7, 11) is 1.70. The second-order valence-electron chi connectivity index (χ2n) is 7.54. The summed E-state index contributed by atoms with van der Waals surface area (Å²) in [6, 6.07) is -0.845. The molecule has 0 bridgehead atoms. The first kappa shape index (κ1) is 19.4. The zero-order valence-corrected chi connectivity index (χ0v) is 17.9. The summed E-state index contributed by atoms with van der Waals surface area (Å²) in [4.78, 5) is 35.4. The van der Waals surface area contributed by atoms with E-state index in [1.54, 1.807) is 30.1 Å². The maximum absolute atomic E-state index is 12.7. The minimum atomic E-state index is -0.463. The van der Waals surface area contributed by atoms with Crippen molar-refractivity contribution < 1.29 is 9.59 Å². The predicted molar refractivity (Wildman–Crippen MR) is 108 cm³/mol. The van der Waals surface area contributed by atoms with Crippen LogP contribution in [0.3, 0.4) is 0 Å². The predicted octanol–water partition coefficient (Wildman–Crippen LogP) is 1.22. The molecule has 3 amide bonds. The van der Waals surface area contributed by atoms with Crippen LogP contribution in [0.5, 0.6) is 0 Å².